The van der Waals surface area contributed by atoms with E-state index in [0.29, 0.717) is 0 Å². The topological polar surface area (TPSA) is 35.8 Å². The van der Waals surface area contributed by atoms with E-state index in [2.05, 4.69) is 11.4 Å². The fourth-order valence-corrected chi connectivity index (χ4v) is 1.28. The minimum atomic E-state index is -0.398. The molecule has 1 atom stereocenters. The van der Waals surface area contributed by atoms with Crippen LogP contribution in [0.3, 0.4) is 0 Å². The van der Waals surface area contributed by atoms with Crippen molar-refractivity contribution >= 4 is 0 Å². The first-order valence-electron chi connectivity index (χ1n) is 4.85. The Morgan fingerprint density at radius 3 is 2.20 bits per heavy atom. The van der Waals surface area contributed by atoms with Gasteiger partial charge in [-0.05, 0) is 38.5 Å². The Morgan fingerprint density at radius 1 is 1.27 bits per heavy atom. The van der Waals surface area contributed by atoms with E-state index < -0.39 is 6.04 Å². The van der Waals surface area contributed by atoms with Crippen molar-refractivity contribution < 1.29 is 4.39 Å². The highest BCUT2D eigenvalue weighted by atomic mass is 19.1. The largest absolute Gasteiger partial charge is 0.293 e. The summed E-state index contributed by atoms with van der Waals surface area (Å²) in [4.78, 5) is 0. The monoisotopic (exact) mass is 206 g/mol. The summed E-state index contributed by atoms with van der Waals surface area (Å²) in [5.74, 6) is -0.286. The maximum atomic E-state index is 12.7. The normalized spacial score (nSPS) is 13.3. The smallest absolute Gasteiger partial charge is 0.123 e. The van der Waals surface area contributed by atoms with Gasteiger partial charge in [0, 0.05) is 5.54 Å². The van der Waals surface area contributed by atoms with Gasteiger partial charge in [0.15, 0.2) is 0 Å². The zero-order valence-corrected chi connectivity index (χ0v) is 9.21. The highest BCUT2D eigenvalue weighted by Crippen LogP contribution is 2.16. The summed E-state index contributed by atoms with van der Waals surface area (Å²) < 4.78 is 12.7. The van der Waals surface area contributed by atoms with E-state index in [0.717, 1.165) is 5.56 Å². The Hall–Kier alpha value is -1.40. The number of hydrogen-bond donors (Lipinski definition) is 1. The molecule has 0 saturated heterocycles. The van der Waals surface area contributed by atoms with Gasteiger partial charge in [-0.2, -0.15) is 5.26 Å². The lowest BCUT2D eigenvalue weighted by Crippen LogP contribution is -2.38. The molecule has 0 radical (unpaired) electrons. The number of hydrogen-bond acceptors (Lipinski definition) is 2. The van der Waals surface area contributed by atoms with Crippen LogP contribution in [0.2, 0.25) is 0 Å². The van der Waals surface area contributed by atoms with Gasteiger partial charge in [-0.25, -0.2) is 4.39 Å². The molecule has 0 aromatic heterocycles. The molecule has 3 heteroatoms. The van der Waals surface area contributed by atoms with Crippen molar-refractivity contribution in [3.63, 3.8) is 0 Å². The van der Waals surface area contributed by atoms with Crippen molar-refractivity contribution in [2.24, 2.45) is 0 Å². The minimum Gasteiger partial charge on any atom is -0.293 e. The Morgan fingerprint density at radius 2 is 1.80 bits per heavy atom. The van der Waals surface area contributed by atoms with Crippen molar-refractivity contribution in [2.75, 3.05) is 0 Å². The molecule has 1 N–H and O–H groups in total. The number of benzene rings is 1. The van der Waals surface area contributed by atoms with Crippen LogP contribution in [0.5, 0.6) is 0 Å². The third-order valence-corrected chi connectivity index (χ3v) is 1.91. The van der Waals surface area contributed by atoms with Crippen LogP contribution in [0.4, 0.5) is 4.39 Å². The van der Waals surface area contributed by atoms with Gasteiger partial charge in [-0.15, -0.1) is 0 Å². The predicted octanol–water partition coefficient (Wildman–Crippen LogP) is 2.78. The highest BCUT2D eigenvalue weighted by Gasteiger charge is 2.17. The lowest BCUT2D eigenvalue weighted by atomic mass is 10.0. The van der Waals surface area contributed by atoms with Crippen LogP contribution in [-0.4, -0.2) is 5.54 Å². The first-order valence-corrected chi connectivity index (χ1v) is 4.85. The van der Waals surface area contributed by atoms with Gasteiger partial charge in [-0.1, -0.05) is 12.1 Å². The number of nitrogens with one attached hydrogen (secondary N) is 1. The number of nitrogens with zero attached hydrogens (tertiary/aromatic N) is 1. The summed E-state index contributed by atoms with van der Waals surface area (Å²) in [6, 6.07) is 7.75. The molecule has 80 valence electrons. The molecule has 0 bridgehead atoms. The molecule has 0 amide bonds. The standard InChI is InChI=1S/C12H15FN2/c1-12(2,3)15-11(8-14)9-4-6-10(13)7-5-9/h4-7,11,15H,1-3H3. The Kier molecular flexibility index (Phi) is 3.43. The van der Waals surface area contributed by atoms with Crippen LogP contribution in [0.25, 0.3) is 0 Å². The van der Waals surface area contributed by atoms with Gasteiger partial charge in [0.2, 0.25) is 0 Å². The number of rotatable bonds is 2. The van der Waals surface area contributed by atoms with E-state index in [-0.39, 0.29) is 11.4 Å². The van der Waals surface area contributed by atoms with Crippen LogP contribution in [-0.2, 0) is 0 Å². The van der Waals surface area contributed by atoms with Crippen LogP contribution < -0.4 is 5.32 Å². The Balaban J connectivity index is 2.85. The predicted molar refractivity (Wildman–Crippen MR) is 57.6 cm³/mol. The van der Waals surface area contributed by atoms with Crippen LogP contribution in [0.15, 0.2) is 24.3 Å². The molecule has 0 fully saturated rings. The van der Waals surface area contributed by atoms with E-state index >= 15 is 0 Å². The van der Waals surface area contributed by atoms with Crippen molar-refractivity contribution in [1.82, 2.24) is 5.32 Å². The van der Waals surface area contributed by atoms with E-state index in [4.69, 9.17) is 5.26 Å². The fraction of sp³-hybridized carbons (Fsp3) is 0.417. The summed E-state index contributed by atoms with van der Waals surface area (Å²) >= 11 is 0. The molecule has 1 aromatic rings. The third-order valence-electron chi connectivity index (χ3n) is 1.91. The first kappa shape index (κ1) is 11.7. The summed E-state index contributed by atoms with van der Waals surface area (Å²) in [5.41, 5.74) is 0.642. The second-order valence-electron chi connectivity index (χ2n) is 4.51. The molecule has 0 heterocycles. The molecule has 2 nitrogen and oxygen atoms in total. The molecular formula is C12H15FN2. The van der Waals surface area contributed by atoms with Crippen LogP contribution >= 0.6 is 0 Å². The van der Waals surface area contributed by atoms with Gasteiger partial charge < -0.3 is 0 Å². The van der Waals surface area contributed by atoms with E-state index in [1.54, 1.807) is 12.1 Å². The lowest BCUT2D eigenvalue weighted by molar-refractivity contribution is 0.400. The zero-order valence-electron chi connectivity index (χ0n) is 9.21. The molecule has 0 spiro atoms. The quantitative estimate of drug-likeness (QED) is 0.807. The maximum Gasteiger partial charge on any atom is 0.123 e. The molecule has 1 rings (SSSR count). The number of nitriles is 1. The van der Waals surface area contributed by atoms with E-state index in [9.17, 15) is 4.39 Å². The molecule has 1 aromatic carbocycles. The SMILES string of the molecule is CC(C)(C)NC(C#N)c1ccc(F)cc1. The first-order chi connectivity index (χ1) is 6.92. The van der Waals surface area contributed by atoms with Gasteiger partial charge >= 0.3 is 0 Å². The molecule has 0 aliphatic rings. The molecule has 0 aliphatic heterocycles. The highest BCUT2D eigenvalue weighted by molar-refractivity contribution is 5.24. The van der Waals surface area contributed by atoms with Gasteiger partial charge in [0.25, 0.3) is 0 Å². The molecular weight excluding hydrogens is 191 g/mol. The lowest BCUT2D eigenvalue weighted by Gasteiger charge is -2.24. The summed E-state index contributed by atoms with van der Waals surface area (Å²) in [7, 11) is 0. The molecule has 0 aliphatic carbocycles. The van der Waals surface area contributed by atoms with Crippen LogP contribution in [0.1, 0.15) is 32.4 Å². The summed E-state index contributed by atoms with van der Waals surface area (Å²) in [5, 5.41) is 12.2. The average molecular weight is 206 g/mol. The maximum absolute atomic E-state index is 12.7. The fourth-order valence-electron chi connectivity index (χ4n) is 1.28. The Bertz CT molecular complexity index is 357. The third kappa shape index (κ3) is 3.69. The van der Waals surface area contributed by atoms with Gasteiger partial charge in [0.1, 0.15) is 11.9 Å². The van der Waals surface area contributed by atoms with E-state index in [1.165, 1.54) is 12.1 Å². The second-order valence-corrected chi connectivity index (χ2v) is 4.51. The van der Waals surface area contributed by atoms with Crippen molar-refractivity contribution in [1.29, 1.82) is 5.26 Å². The van der Waals surface area contributed by atoms with Crippen molar-refractivity contribution in [3.8, 4) is 6.07 Å². The molecule has 1 unspecified atom stereocenters. The second kappa shape index (κ2) is 4.41. The van der Waals surface area contributed by atoms with Crippen LogP contribution in [0, 0.1) is 17.1 Å². The zero-order chi connectivity index (χ0) is 11.5. The van der Waals surface area contributed by atoms with Crippen molar-refractivity contribution in [3.05, 3.63) is 35.6 Å². The molecule has 15 heavy (non-hydrogen) atoms. The van der Waals surface area contributed by atoms with Gasteiger partial charge in [-0.3, -0.25) is 5.32 Å². The van der Waals surface area contributed by atoms with E-state index in [1.807, 2.05) is 20.8 Å². The van der Waals surface area contributed by atoms with Gasteiger partial charge in [0.05, 0.1) is 6.07 Å². The average Bonchev–Trinajstić information content (AvgIpc) is 2.14. The number of halogens is 1. The summed E-state index contributed by atoms with van der Waals surface area (Å²) in [6.07, 6.45) is 0. The minimum absolute atomic E-state index is 0.144. The van der Waals surface area contributed by atoms with Crippen molar-refractivity contribution in [2.45, 2.75) is 32.4 Å². The Labute approximate surface area is 89.7 Å². The summed E-state index contributed by atoms with van der Waals surface area (Å²) in [6.45, 7) is 5.96. The molecule has 0 saturated carbocycles.